The van der Waals surface area contributed by atoms with E-state index in [1.807, 2.05) is 48.5 Å². The molecule has 0 bridgehead atoms. The van der Waals surface area contributed by atoms with E-state index in [9.17, 15) is 4.79 Å². The predicted molar refractivity (Wildman–Crippen MR) is 118 cm³/mol. The molecule has 1 aliphatic carbocycles. The molecular weight excluding hydrogens is 400 g/mol. The van der Waals surface area contributed by atoms with Gasteiger partial charge in [0.15, 0.2) is 11.6 Å². The minimum absolute atomic E-state index is 0.171. The lowest BCUT2D eigenvalue weighted by molar-refractivity contribution is -0.137. The van der Waals surface area contributed by atoms with E-state index in [2.05, 4.69) is 0 Å². The highest BCUT2D eigenvalue weighted by atomic mass is 35.5. The summed E-state index contributed by atoms with van der Waals surface area (Å²) in [6.45, 7) is 0. The Morgan fingerprint density at radius 2 is 1.93 bits per heavy atom. The first kappa shape index (κ1) is 20.3. The Labute approximate surface area is 180 Å². The average molecular weight is 423 g/mol. The zero-order chi connectivity index (χ0) is 21.1. The van der Waals surface area contributed by atoms with Gasteiger partial charge in [-0.2, -0.15) is 0 Å². The van der Waals surface area contributed by atoms with Crippen LogP contribution < -0.4 is 10.9 Å². The van der Waals surface area contributed by atoms with Gasteiger partial charge in [0.25, 0.3) is 0 Å². The van der Waals surface area contributed by atoms with Crippen molar-refractivity contribution in [1.82, 2.24) is 9.97 Å². The second kappa shape index (κ2) is 8.81. The molecule has 6 nitrogen and oxygen atoms in total. The van der Waals surface area contributed by atoms with Crippen molar-refractivity contribution in [1.29, 1.82) is 0 Å². The van der Waals surface area contributed by atoms with E-state index >= 15 is 0 Å². The van der Waals surface area contributed by atoms with Crippen molar-refractivity contribution >= 4 is 29.1 Å². The minimum Gasteiger partial charge on any atom is -0.481 e. The fraction of sp³-hybridized carbons (Fsp3) is 0.261. The van der Waals surface area contributed by atoms with E-state index in [1.54, 1.807) is 5.01 Å². The number of carboxylic acids is 1. The minimum atomic E-state index is -0.770. The number of carboxylic acid groups (broad SMARTS) is 1. The predicted octanol–water partition coefficient (Wildman–Crippen LogP) is 4.70. The Balaban J connectivity index is 1.62. The van der Waals surface area contributed by atoms with E-state index in [0.717, 1.165) is 53.8 Å². The Kier molecular flexibility index (Phi) is 5.97. The van der Waals surface area contributed by atoms with E-state index < -0.39 is 5.97 Å². The van der Waals surface area contributed by atoms with Crippen LogP contribution in [-0.2, 0) is 24.1 Å². The van der Waals surface area contributed by atoms with Gasteiger partial charge < -0.3 is 5.11 Å². The average Bonchev–Trinajstić information content (AvgIpc) is 3.21. The summed E-state index contributed by atoms with van der Waals surface area (Å²) in [5.74, 6) is 7.06. The number of anilines is 2. The maximum absolute atomic E-state index is 10.7. The fourth-order valence-corrected chi connectivity index (χ4v) is 3.95. The SMILES string of the molecule is NN(c1ccc(CCCC(=O)O)cc1)c1nc(-c2cccc(Cl)c2)nc2c1CCC2. The van der Waals surface area contributed by atoms with Gasteiger partial charge in [0.05, 0.1) is 5.69 Å². The van der Waals surface area contributed by atoms with Crippen LogP contribution in [0.3, 0.4) is 0 Å². The van der Waals surface area contributed by atoms with Crippen molar-refractivity contribution in [3.05, 3.63) is 70.4 Å². The van der Waals surface area contributed by atoms with E-state index in [4.69, 9.17) is 32.5 Å². The number of hydrazine groups is 1. The molecule has 3 aromatic rings. The van der Waals surface area contributed by atoms with Crippen LogP contribution in [0.25, 0.3) is 11.4 Å². The number of halogens is 1. The first-order valence-corrected chi connectivity index (χ1v) is 10.4. The first-order valence-electron chi connectivity index (χ1n) is 10.0. The first-order chi connectivity index (χ1) is 14.5. The lowest BCUT2D eigenvalue weighted by atomic mass is 10.1. The van der Waals surface area contributed by atoms with Gasteiger partial charge in [-0.25, -0.2) is 15.8 Å². The highest BCUT2D eigenvalue weighted by Crippen LogP contribution is 2.33. The van der Waals surface area contributed by atoms with Crippen molar-refractivity contribution < 1.29 is 9.90 Å². The maximum Gasteiger partial charge on any atom is 0.303 e. The highest BCUT2D eigenvalue weighted by Gasteiger charge is 2.23. The zero-order valence-corrected chi connectivity index (χ0v) is 17.3. The number of benzene rings is 2. The van der Waals surface area contributed by atoms with Gasteiger partial charge in [-0.15, -0.1) is 0 Å². The molecule has 0 spiro atoms. The summed E-state index contributed by atoms with van der Waals surface area (Å²) < 4.78 is 0. The number of aromatic nitrogens is 2. The number of nitrogens with two attached hydrogens (primary N) is 1. The molecule has 0 unspecified atom stereocenters. The summed E-state index contributed by atoms with van der Waals surface area (Å²) >= 11 is 6.16. The number of fused-ring (bicyclic) bond motifs is 1. The smallest absolute Gasteiger partial charge is 0.303 e. The fourth-order valence-electron chi connectivity index (χ4n) is 3.76. The molecule has 0 saturated carbocycles. The second-order valence-corrected chi connectivity index (χ2v) is 7.88. The largest absolute Gasteiger partial charge is 0.481 e. The number of aliphatic carboxylic acids is 1. The maximum atomic E-state index is 10.7. The standard InChI is InChI=1S/C23H23ClN4O2/c24-17-6-2-5-16(14-17)22-26-20-8-3-7-19(20)23(27-22)28(25)18-12-10-15(11-13-18)4-1-9-21(29)30/h2,5-6,10-14H,1,3-4,7-9,25H2,(H,29,30). The molecule has 0 radical (unpaired) electrons. The van der Waals surface area contributed by atoms with Gasteiger partial charge in [-0.1, -0.05) is 35.9 Å². The molecule has 154 valence electrons. The van der Waals surface area contributed by atoms with Crippen LogP contribution in [0.4, 0.5) is 11.5 Å². The van der Waals surface area contributed by atoms with Crippen LogP contribution in [0, 0.1) is 0 Å². The number of carbonyl (C=O) groups is 1. The molecule has 2 aromatic carbocycles. The third kappa shape index (κ3) is 4.45. The van der Waals surface area contributed by atoms with Crippen LogP contribution in [0.15, 0.2) is 48.5 Å². The zero-order valence-electron chi connectivity index (χ0n) is 16.5. The number of hydrogen-bond donors (Lipinski definition) is 2. The third-order valence-corrected chi connectivity index (χ3v) is 5.53. The van der Waals surface area contributed by atoms with Crippen molar-refractivity contribution in [2.24, 2.45) is 5.84 Å². The molecule has 30 heavy (non-hydrogen) atoms. The van der Waals surface area contributed by atoms with E-state index in [1.165, 1.54) is 0 Å². The van der Waals surface area contributed by atoms with Gasteiger partial charge in [0.2, 0.25) is 0 Å². The summed E-state index contributed by atoms with van der Waals surface area (Å²) in [6, 6.07) is 15.4. The van der Waals surface area contributed by atoms with Crippen LogP contribution in [0.5, 0.6) is 0 Å². The lowest BCUT2D eigenvalue weighted by Gasteiger charge is -2.21. The summed E-state index contributed by atoms with van der Waals surface area (Å²) in [4.78, 5) is 20.2. The Hall–Kier alpha value is -2.96. The Bertz CT molecular complexity index is 1070. The van der Waals surface area contributed by atoms with E-state index in [0.29, 0.717) is 23.1 Å². The molecule has 3 N–H and O–H groups in total. The monoisotopic (exact) mass is 422 g/mol. The summed E-state index contributed by atoms with van der Waals surface area (Å²) in [7, 11) is 0. The molecule has 1 heterocycles. The molecule has 0 aliphatic heterocycles. The van der Waals surface area contributed by atoms with Gasteiger partial charge >= 0.3 is 5.97 Å². The molecule has 1 aromatic heterocycles. The molecule has 0 fully saturated rings. The molecule has 7 heteroatoms. The second-order valence-electron chi connectivity index (χ2n) is 7.44. The summed E-state index contributed by atoms with van der Waals surface area (Å²) in [6.07, 6.45) is 4.36. The van der Waals surface area contributed by atoms with Crippen LogP contribution in [0.1, 0.15) is 36.1 Å². The summed E-state index contributed by atoms with van der Waals surface area (Å²) in [5, 5.41) is 11.0. The number of rotatable bonds is 7. The van der Waals surface area contributed by atoms with Crippen LogP contribution in [-0.4, -0.2) is 21.0 Å². The number of aryl methyl sites for hydroxylation is 2. The van der Waals surface area contributed by atoms with Crippen molar-refractivity contribution in [3.8, 4) is 11.4 Å². The number of hydrogen-bond acceptors (Lipinski definition) is 5. The lowest BCUT2D eigenvalue weighted by Crippen LogP contribution is -2.27. The topological polar surface area (TPSA) is 92.3 Å². The Morgan fingerprint density at radius 1 is 1.13 bits per heavy atom. The van der Waals surface area contributed by atoms with Gasteiger partial charge in [0, 0.05) is 28.3 Å². The van der Waals surface area contributed by atoms with Crippen molar-refractivity contribution in [3.63, 3.8) is 0 Å². The van der Waals surface area contributed by atoms with Gasteiger partial charge in [-0.3, -0.25) is 9.80 Å². The molecule has 4 rings (SSSR count). The quantitative estimate of drug-likeness (QED) is 0.423. The number of nitrogens with zero attached hydrogens (tertiary/aromatic N) is 3. The Morgan fingerprint density at radius 3 is 2.67 bits per heavy atom. The molecule has 0 saturated heterocycles. The molecule has 0 amide bonds. The molecule has 1 aliphatic rings. The van der Waals surface area contributed by atoms with Crippen LogP contribution >= 0.6 is 11.6 Å². The van der Waals surface area contributed by atoms with Gasteiger partial charge in [0.1, 0.15) is 0 Å². The van der Waals surface area contributed by atoms with Gasteiger partial charge in [-0.05, 0) is 61.9 Å². The van der Waals surface area contributed by atoms with Crippen molar-refractivity contribution in [2.45, 2.75) is 38.5 Å². The molecule has 0 atom stereocenters. The highest BCUT2D eigenvalue weighted by molar-refractivity contribution is 6.30. The summed E-state index contributed by atoms with van der Waals surface area (Å²) in [5.41, 5.74) is 4.90. The van der Waals surface area contributed by atoms with Crippen LogP contribution in [0.2, 0.25) is 5.02 Å². The van der Waals surface area contributed by atoms with E-state index in [-0.39, 0.29) is 6.42 Å². The molecular formula is C23H23ClN4O2. The van der Waals surface area contributed by atoms with Crippen molar-refractivity contribution in [2.75, 3.05) is 5.01 Å². The third-order valence-electron chi connectivity index (χ3n) is 5.29. The normalized spacial score (nSPS) is 12.6.